The average molecular weight is 398 g/mol. The first-order chi connectivity index (χ1) is 12.8. The maximum Gasteiger partial charge on any atom is 0.416 e. The number of carbonyl (C=O) groups excluding carboxylic acids is 3. The lowest BCUT2D eigenvalue weighted by Gasteiger charge is -2.12. The van der Waals surface area contributed by atoms with Gasteiger partial charge in [-0.2, -0.15) is 13.2 Å². The predicted octanol–water partition coefficient (Wildman–Crippen LogP) is 3.39. The van der Waals surface area contributed by atoms with E-state index in [1.807, 2.05) is 0 Å². The van der Waals surface area contributed by atoms with Crippen LogP contribution in [0, 0.1) is 0 Å². The van der Waals surface area contributed by atoms with Crippen molar-refractivity contribution in [2.45, 2.75) is 6.18 Å². The summed E-state index contributed by atoms with van der Waals surface area (Å²) >= 11 is 0.899. The molecule has 0 unspecified atom stereocenters. The Morgan fingerprint density at radius 1 is 1.22 bits per heavy atom. The summed E-state index contributed by atoms with van der Waals surface area (Å²) in [6.07, 6.45) is -4.48. The molecule has 0 saturated carbocycles. The second kappa shape index (κ2) is 7.47. The van der Waals surface area contributed by atoms with Gasteiger partial charge in [-0.05, 0) is 24.3 Å². The first-order valence-electron chi connectivity index (χ1n) is 7.78. The SMILES string of the molecule is O=C(NCCN1C(=O)CSC1=O)c1ccc(-c2cccc(C(F)(F)F)c2)o1. The molecule has 1 aromatic heterocycles. The summed E-state index contributed by atoms with van der Waals surface area (Å²) in [6.45, 7) is 0.0774. The van der Waals surface area contributed by atoms with Crippen molar-refractivity contribution in [1.29, 1.82) is 0 Å². The molecule has 1 aromatic carbocycles. The molecule has 142 valence electrons. The zero-order valence-electron chi connectivity index (χ0n) is 13.7. The fourth-order valence-electron chi connectivity index (χ4n) is 2.43. The minimum atomic E-state index is -4.48. The standard InChI is InChI=1S/C17H13F3N2O4S/c18-17(19,20)11-3-1-2-10(8-11)12-4-5-13(26-12)15(24)21-6-7-22-14(23)9-27-16(22)25/h1-5,8H,6-7,9H2,(H,21,24). The Morgan fingerprint density at radius 3 is 2.67 bits per heavy atom. The van der Waals surface area contributed by atoms with Gasteiger partial charge in [-0.3, -0.25) is 19.3 Å². The molecule has 1 aliphatic rings. The molecule has 2 aromatic rings. The predicted molar refractivity (Wildman–Crippen MR) is 91.0 cm³/mol. The monoisotopic (exact) mass is 398 g/mol. The number of hydrogen-bond acceptors (Lipinski definition) is 5. The van der Waals surface area contributed by atoms with Crippen molar-refractivity contribution in [3.05, 3.63) is 47.7 Å². The molecule has 3 rings (SSSR count). The Balaban J connectivity index is 1.63. The molecule has 1 fully saturated rings. The van der Waals surface area contributed by atoms with Crippen molar-refractivity contribution in [2.75, 3.05) is 18.8 Å². The number of nitrogens with zero attached hydrogens (tertiary/aromatic N) is 1. The van der Waals surface area contributed by atoms with E-state index in [2.05, 4.69) is 5.32 Å². The molecule has 27 heavy (non-hydrogen) atoms. The molecule has 1 N–H and O–H groups in total. The van der Waals surface area contributed by atoms with Crippen LogP contribution in [0.2, 0.25) is 0 Å². The summed E-state index contributed by atoms with van der Waals surface area (Å²) in [5.74, 6) is -0.793. The molecule has 0 spiro atoms. The van der Waals surface area contributed by atoms with Crippen LogP contribution in [0.25, 0.3) is 11.3 Å². The van der Waals surface area contributed by atoms with E-state index >= 15 is 0 Å². The highest BCUT2D eigenvalue weighted by atomic mass is 32.2. The number of thioether (sulfide) groups is 1. The lowest BCUT2D eigenvalue weighted by atomic mass is 10.1. The highest BCUT2D eigenvalue weighted by Crippen LogP contribution is 2.32. The van der Waals surface area contributed by atoms with Gasteiger partial charge in [0.25, 0.3) is 11.1 Å². The second-order valence-corrected chi connectivity index (χ2v) is 6.52. The smallest absolute Gasteiger partial charge is 0.416 e. The van der Waals surface area contributed by atoms with Crippen molar-refractivity contribution >= 4 is 28.8 Å². The Bertz CT molecular complexity index is 878. The molecular formula is C17H13F3N2O4S. The van der Waals surface area contributed by atoms with Crippen LogP contribution in [0.5, 0.6) is 0 Å². The molecule has 0 bridgehead atoms. The fraction of sp³-hybridized carbons (Fsp3) is 0.235. The number of halogens is 3. The van der Waals surface area contributed by atoms with E-state index < -0.39 is 17.6 Å². The average Bonchev–Trinajstić information content (AvgIpc) is 3.23. The quantitative estimate of drug-likeness (QED) is 0.835. The molecule has 0 atom stereocenters. The molecule has 0 aliphatic carbocycles. The van der Waals surface area contributed by atoms with Crippen LogP contribution in [0.3, 0.4) is 0 Å². The van der Waals surface area contributed by atoms with Gasteiger partial charge in [0.05, 0.1) is 11.3 Å². The lowest BCUT2D eigenvalue weighted by Crippen LogP contribution is -2.37. The number of imide groups is 1. The van der Waals surface area contributed by atoms with Crippen molar-refractivity contribution in [2.24, 2.45) is 0 Å². The minimum absolute atomic E-state index is 0.0382. The van der Waals surface area contributed by atoms with Crippen molar-refractivity contribution in [3.63, 3.8) is 0 Å². The van der Waals surface area contributed by atoms with E-state index in [-0.39, 0.29) is 47.1 Å². The number of amides is 3. The van der Waals surface area contributed by atoms with E-state index in [4.69, 9.17) is 4.42 Å². The van der Waals surface area contributed by atoms with E-state index in [0.29, 0.717) is 0 Å². The highest BCUT2D eigenvalue weighted by Gasteiger charge is 2.31. The topological polar surface area (TPSA) is 79.6 Å². The Morgan fingerprint density at radius 2 is 2.00 bits per heavy atom. The van der Waals surface area contributed by atoms with E-state index in [9.17, 15) is 27.6 Å². The van der Waals surface area contributed by atoms with Crippen LogP contribution in [0.1, 0.15) is 16.1 Å². The van der Waals surface area contributed by atoms with E-state index in [1.54, 1.807) is 0 Å². The minimum Gasteiger partial charge on any atom is -0.451 e. The Kier molecular flexibility index (Phi) is 5.26. The third-order valence-electron chi connectivity index (χ3n) is 3.77. The first-order valence-corrected chi connectivity index (χ1v) is 8.77. The number of hydrogen-bond donors (Lipinski definition) is 1. The van der Waals surface area contributed by atoms with Crippen LogP contribution in [-0.4, -0.2) is 40.8 Å². The highest BCUT2D eigenvalue weighted by molar-refractivity contribution is 8.14. The van der Waals surface area contributed by atoms with Gasteiger partial charge in [-0.25, -0.2) is 0 Å². The van der Waals surface area contributed by atoms with Gasteiger partial charge in [0.1, 0.15) is 5.76 Å². The van der Waals surface area contributed by atoms with Gasteiger partial charge in [-0.15, -0.1) is 0 Å². The number of nitrogens with one attached hydrogen (secondary N) is 1. The third-order valence-corrected chi connectivity index (χ3v) is 4.62. The lowest BCUT2D eigenvalue weighted by molar-refractivity contribution is -0.137. The summed E-state index contributed by atoms with van der Waals surface area (Å²) in [6, 6.07) is 7.31. The Labute approximate surface area is 155 Å². The summed E-state index contributed by atoms with van der Waals surface area (Å²) < 4.78 is 43.7. The fourth-order valence-corrected chi connectivity index (χ4v) is 3.18. The zero-order chi connectivity index (χ0) is 19.6. The zero-order valence-corrected chi connectivity index (χ0v) is 14.5. The van der Waals surface area contributed by atoms with E-state index in [1.165, 1.54) is 24.3 Å². The number of carbonyl (C=O) groups is 3. The number of benzene rings is 1. The summed E-state index contributed by atoms with van der Waals surface area (Å²) in [5, 5.41) is 2.14. The van der Waals surface area contributed by atoms with Gasteiger partial charge < -0.3 is 9.73 Å². The van der Waals surface area contributed by atoms with Crippen molar-refractivity contribution in [3.8, 4) is 11.3 Å². The Hall–Kier alpha value is -2.75. The molecular weight excluding hydrogens is 385 g/mol. The van der Waals surface area contributed by atoms with Gasteiger partial charge in [0, 0.05) is 18.7 Å². The van der Waals surface area contributed by atoms with Crippen LogP contribution in [0.15, 0.2) is 40.8 Å². The molecule has 3 amide bonds. The number of alkyl halides is 3. The molecule has 10 heteroatoms. The molecule has 1 aliphatic heterocycles. The van der Waals surface area contributed by atoms with E-state index in [0.717, 1.165) is 28.8 Å². The third kappa shape index (κ3) is 4.33. The largest absolute Gasteiger partial charge is 0.451 e. The van der Waals surface area contributed by atoms with Crippen LogP contribution in [0.4, 0.5) is 18.0 Å². The number of furan rings is 1. The molecule has 2 heterocycles. The molecule has 1 saturated heterocycles. The van der Waals surface area contributed by atoms with Crippen molar-refractivity contribution < 1.29 is 32.0 Å². The molecule has 0 radical (unpaired) electrons. The van der Waals surface area contributed by atoms with Gasteiger partial charge >= 0.3 is 6.18 Å². The van der Waals surface area contributed by atoms with Crippen molar-refractivity contribution in [1.82, 2.24) is 10.2 Å². The summed E-state index contributed by atoms with van der Waals surface area (Å²) in [5.41, 5.74) is -0.630. The summed E-state index contributed by atoms with van der Waals surface area (Å²) in [7, 11) is 0. The molecule has 6 nitrogen and oxygen atoms in total. The van der Waals surface area contributed by atoms with Gasteiger partial charge in [0.2, 0.25) is 5.91 Å². The maximum atomic E-state index is 12.8. The van der Waals surface area contributed by atoms with Gasteiger partial charge in [-0.1, -0.05) is 23.9 Å². The summed E-state index contributed by atoms with van der Waals surface area (Å²) in [4.78, 5) is 36.0. The van der Waals surface area contributed by atoms with Gasteiger partial charge in [0.15, 0.2) is 5.76 Å². The van der Waals surface area contributed by atoms with Crippen LogP contribution in [-0.2, 0) is 11.0 Å². The second-order valence-electron chi connectivity index (χ2n) is 5.60. The normalized spacial score (nSPS) is 14.7. The first kappa shape index (κ1) is 19.0. The maximum absolute atomic E-state index is 12.8. The van der Waals surface area contributed by atoms with Crippen LogP contribution >= 0.6 is 11.8 Å². The number of rotatable bonds is 5. The van der Waals surface area contributed by atoms with Crippen LogP contribution < -0.4 is 5.32 Å².